The maximum Gasteiger partial charge on any atom is 0.173 e. The van der Waals surface area contributed by atoms with Crippen molar-refractivity contribution in [1.29, 1.82) is 0 Å². The second-order valence-electron chi connectivity index (χ2n) is 4.24. The van der Waals surface area contributed by atoms with Gasteiger partial charge >= 0.3 is 0 Å². The van der Waals surface area contributed by atoms with Crippen molar-refractivity contribution in [3.8, 4) is 0 Å². The Morgan fingerprint density at radius 3 is 2.70 bits per heavy atom. The summed E-state index contributed by atoms with van der Waals surface area (Å²) in [5, 5.41) is 19.5. The van der Waals surface area contributed by atoms with Crippen LogP contribution in [0.2, 0.25) is 0 Å². The van der Waals surface area contributed by atoms with Gasteiger partial charge in [-0.1, -0.05) is 17.3 Å². The van der Waals surface area contributed by atoms with Crippen LogP contribution in [-0.2, 0) is 6.54 Å². The number of rotatable bonds is 4. The van der Waals surface area contributed by atoms with Crippen molar-refractivity contribution in [3.05, 3.63) is 53.5 Å². The van der Waals surface area contributed by atoms with Gasteiger partial charge in [-0.15, -0.1) is 5.10 Å². The number of anilines is 1. The predicted molar refractivity (Wildman–Crippen MR) is 73.0 cm³/mol. The van der Waals surface area contributed by atoms with E-state index in [1.54, 1.807) is 30.1 Å². The summed E-state index contributed by atoms with van der Waals surface area (Å²) in [6.07, 6.45) is 1.46. The number of oxime groups is 1. The summed E-state index contributed by atoms with van der Waals surface area (Å²) in [6.45, 7) is 0.491. The Bertz CT molecular complexity index is 614. The average molecular weight is 275 g/mol. The first-order valence-corrected chi connectivity index (χ1v) is 5.87. The van der Waals surface area contributed by atoms with Crippen molar-refractivity contribution in [2.45, 2.75) is 6.54 Å². The normalized spacial score (nSPS) is 11.4. The highest BCUT2D eigenvalue weighted by Gasteiger charge is 2.13. The third-order valence-electron chi connectivity index (χ3n) is 2.78. The molecule has 1 aromatic heterocycles. The second-order valence-corrected chi connectivity index (χ2v) is 4.24. The highest BCUT2D eigenvalue weighted by atomic mass is 19.1. The summed E-state index contributed by atoms with van der Waals surface area (Å²) in [5.41, 5.74) is 6.99. The first-order chi connectivity index (χ1) is 9.61. The lowest BCUT2D eigenvalue weighted by Gasteiger charge is -2.19. The SMILES string of the molecule is CN(Cc1ccc(F)cc1)c1nnccc1/C(N)=N/O. The number of amidine groups is 1. The molecule has 2 rings (SSSR count). The molecule has 0 aliphatic heterocycles. The third-order valence-corrected chi connectivity index (χ3v) is 2.78. The largest absolute Gasteiger partial charge is 0.409 e. The Morgan fingerprint density at radius 2 is 2.05 bits per heavy atom. The van der Waals surface area contributed by atoms with E-state index < -0.39 is 0 Å². The highest BCUT2D eigenvalue weighted by Crippen LogP contribution is 2.17. The topological polar surface area (TPSA) is 87.6 Å². The first kappa shape index (κ1) is 13.7. The maximum absolute atomic E-state index is 12.9. The summed E-state index contributed by atoms with van der Waals surface area (Å²) >= 11 is 0. The Morgan fingerprint density at radius 1 is 1.35 bits per heavy atom. The first-order valence-electron chi connectivity index (χ1n) is 5.87. The zero-order valence-electron chi connectivity index (χ0n) is 10.9. The molecule has 0 amide bonds. The Labute approximate surface area is 115 Å². The van der Waals surface area contributed by atoms with Crippen LogP contribution in [0.3, 0.4) is 0 Å². The summed E-state index contributed by atoms with van der Waals surface area (Å²) in [4.78, 5) is 1.79. The summed E-state index contributed by atoms with van der Waals surface area (Å²) in [7, 11) is 1.79. The van der Waals surface area contributed by atoms with Gasteiger partial charge in [0, 0.05) is 13.6 Å². The number of aromatic nitrogens is 2. The fourth-order valence-corrected chi connectivity index (χ4v) is 1.80. The summed E-state index contributed by atoms with van der Waals surface area (Å²) in [5.74, 6) is 0.154. The molecule has 0 bridgehead atoms. The molecule has 0 saturated carbocycles. The van der Waals surface area contributed by atoms with Crippen LogP contribution in [0.4, 0.5) is 10.2 Å². The molecule has 0 unspecified atom stereocenters. The molecule has 1 heterocycles. The van der Waals surface area contributed by atoms with Gasteiger partial charge < -0.3 is 15.8 Å². The molecule has 0 radical (unpaired) electrons. The Balaban J connectivity index is 2.25. The Kier molecular flexibility index (Phi) is 4.09. The molecule has 20 heavy (non-hydrogen) atoms. The number of hydrogen-bond acceptors (Lipinski definition) is 5. The van der Waals surface area contributed by atoms with Gasteiger partial charge in [0.1, 0.15) is 5.82 Å². The molecule has 0 spiro atoms. The molecule has 1 aromatic carbocycles. The Hall–Kier alpha value is -2.70. The molecule has 0 fully saturated rings. The standard InChI is InChI=1S/C13H14FN5O/c1-19(8-9-2-4-10(14)5-3-9)13-11(12(15)18-20)6-7-16-17-13/h2-7,20H,8H2,1H3,(H2,15,18). The van der Waals surface area contributed by atoms with E-state index >= 15 is 0 Å². The van der Waals surface area contributed by atoms with Crippen LogP contribution in [0.15, 0.2) is 41.7 Å². The van der Waals surface area contributed by atoms with E-state index in [-0.39, 0.29) is 11.7 Å². The van der Waals surface area contributed by atoms with Gasteiger partial charge in [0.05, 0.1) is 11.8 Å². The molecule has 3 N–H and O–H groups in total. The molecule has 104 valence electrons. The molecular weight excluding hydrogens is 261 g/mol. The lowest BCUT2D eigenvalue weighted by atomic mass is 10.2. The van der Waals surface area contributed by atoms with Crippen LogP contribution in [0.1, 0.15) is 11.1 Å². The van der Waals surface area contributed by atoms with E-state index in [1.807, 2.05) is 0 Å². The third kappa shape index (κ3) is 3.00. The van der Waals surface area contributed by atoms with Gasteiger partial charge in [-0.2, -0.15) is 5.10 Å². The van der Waals surface area contributed by atoms with Crippen molar-refractivity contribution in [1.82, 2.24) is 10.2 Å². The van der Waals surface area contributed by atoms with Crippen molar-refractivity contribution in [2.24, 2.45) is 10.9 Å². The number of halogens is 1. The van der Waals surface area contributed by atoms with E-state index in [9.17, 15) is 4.39 Å². The molecule has 7 heteroatoms. The fourth-order valence-electron chi connectivity index (χ4n) is 1.80. The quantitative estimate of drug-likeness (QED) is 0.380. The minimum absolute atomic E-state index is 0.0409. The lowest BCUT2D eigenvalue weighted by Crippen LogP contribution is -2.24. The predicted octanol–water partition coefficient (Wildman–Crippen LogP) is 1.35. The van der Waals surface area contributed by atoms with Crippen molar-refractivity contribution in [2.75, 3.05) is 11.9 Å². The van der Waals surface area contributed by atoms with Gasteiger partial charge in [-0.05, 0) is 23.8 Å². The van der Waals surface area contributed by atoms with Crippen LogP contribution >= 0.6 is 0 Å². The molecular formula is C13H14FN5O. The van der Waals surface area contributed by atoms with E-state index in [0.717, 1.165) is 5.56 Å². The smallest absolute Gasteiger partial charge is 0.173 e. The fraction of sp³-hybridized carbons (Fsp3) is 0.154. The van der Waals surface area contributed by atoms with Gasteiger partial charge in [0.15, 0.2) is 11.7 Å². The maximum atomic E-state index is 12.9. The lowest BCUT2D eigenvalue weighted by molar-refractivity contribution is 0.318. The van der Waals surface area contributed by atoms with Crippen LogP contribution in [0.5, 0.6) is 0 Å². The molecule has 2 aromatic rings. The van der Waals surface area contributed by atoms with E-state index in [1.165, 1.54) is 18.3 Å². The van der Waals surface area contributed by atoms with Gasteiger partial charge in [0.25, 0.3) is 0 Å². The van der Waals surface area contributed by atoms with Crippen LogP contribution in [-0.4, -0.2) is 28.3 Å². The van der Waals surface area contributed by atoms with E-state index in [2.05, 4.69) is 15.4 Å². The van der Waals surface area contributed by atoms with Crippen molar-refractivity contribution < 1.29 is 9.60 Å². The molecule has 0 aliphatic rings. The highest BCUT2D eigenvalue weighted by molar-refractivity contribution is 6.01. The second kappa shape index (κ2) is 5.96. The van der Waals surface area contributed by atoms with E-state index in [0.29, 0.717) is 17.9 Å². The summed E-state index contributed by atoms with van der Waals surface area (Å²) < 4.78 is 12.9. The van der Waals surface area contributed by atoms with Gasteiger partial charge in [-0.25, -0.2) is 4.39 Å². The molecule has 0 aliphatic carbocycles. The summed E-state index contributed by atoms with van der Waals surface area (Å²) in [6, 6.07) is 7.77. The monoisotopic (exact) mass is 275 g/mol. The van der Waals surface area contributed by atoms with Crippen LogP contribution in [0.25, 0.3) is 0 Å². The van der Waals surface area contributed by atoms with Crippen molar-refractivity contribution in [3.63, 3.8) is 0 Å². The number of nitrogens with zero attached hydrogens (tertiary/aromatic N) is 4. The zero-order valence-corrected chi connectivity index (χ0v) is 10.9. The molecule has 6 nitrogen and oxygen atoms in total. The van der Waals surface area contributed by atoms with Crippen LogP contribution in [0, 0.1) is 5.82 Å². The van der Waals surface area contributed by atoms with Crippen molar-refractivity contribution >= 4 is 11.7 Å². The van der Waals surface area contributed by atoms with Gasteiger partial charge in [-0.3, -0.25) is 0 Å². The zero-order chi connectivity index (χ0) is 14.5. The minimum Gasteiger partial charge on any atom is -0.409 e. The number of nitrogens with two attached hydrogens (primary N) is 1. The minimum atomic E-state index is -0.284. The molecule has 0 saturated heterocycles. The number of benzene rings is 1. The number of hydrogen-bond donors (Lipinski definition) is 2. The van der Waals surface area contributed by atoms with Gasteiger partial charge in [0.2, 0.25) is 0 Å². The molecule has 0 atom stereocenters. The van der Waals surface area contributed by atoms with Crippen LogP contribution < -0.4 is 10.6 Å². The van der Waals surface area contributed by atoms with E-state index in [4.69, 9.17) is 10.9 Å². The average Bonchev–Trinajstić information content (AvgIpc) is 2.48.